The van der Waals surface area contributed by atoms with Gasteiger partial charge in [-0.2, -0.15) is 4.98 Å². The van der Waals surface area contributed by atoms with Crippen LogP contribution in [0.25, 0.3) is 11.4 Å². The number of aromatic nitrogens is 2. The van der Waals surface area contributed by atoms with Gasteiger partial charge in [-0.15, -0.1) is 0 Å². The van der Waals surface area contributed by atoms with E-state index in [1.54, 1.807) is 18.2 Å². The lowest BCUT2D eigenvalue weighted by Gasteiger charge is -2.05. The van der Waals surface area contributed by atoms with Crippen molar-refractivity contribution in [1.29, 1.82) is 0 Å². The highest BCUT2D eigenvalue weighted by atomic mass is 35.5. The lowest BCUT2D eigenvalue weighted by molar-refractivity contribution is 0.397. The van der Waals surface area contributed by atoms with Crippen LogP contribution in [0.2, 0.25) is 15.2 Å². The van der Waals surface area contributed by atoms with Gasteiger partial charge in [0.25, 0.3) is 0 Å². The quantitative estimate of drug-likeness (QED) is 0.780. The zero-order valence-corrected chi connectivity index (χ0v) is 11.0. The molecular weight excluding hydrogens is 282 g/mol. The number of methoxy groups -OCH3 is 1. The van der Waals surface area contributed by atoms with Crippen molar-refractivity contribution in [1.82, 2.24) is 9.97 Å². The first-order valence-electron chi connectivity index (χ1n) is 4.64. The van der Waals surface area contributed by atoms with E-state index in [0.29, 0.717) is 26.9 Å². The van der Waals surface area contributed by atoms with Crippen molar-refractivity contribution in [3.8, 4) is 17.3 Å². The molecule has 0 spiro atoms. The minimum atomic E-state index is 0.304. The molecule has 1 aromatic carbocycles. The van der Waals surface area contributed by atoms with Crippen molar-refractivity contribution in [2.24, 2.45) is 0 Å². The van der Waals surface area contributed by atoms with Crippen molar-refractivity contribution in [2.45, 2.75) is 0 Å². The molecule has 0 aliphatic rings. The van der Waals surface area contributed by atoms with Crippen LogP contribution >= 0.6 is 34.8 Å². The van der Waals surface area contributed by atoms with Crippen LogP contribution in [0.4, 0.5) is 0 Å². The molecule has 2 rings (SSSR count). The molecule has 0 N–H and O–H groups in total. The van der Waals surface area contributed by atoms with Crippen LogP contribution in [0.3, 0.4) is 0 Å². The van der Waals surface area contributed by atoms with Crippen LogP contribution < -0.4 is 4.74 Å². The van der Waals surface area contributed by atoms with E-state index in [2.05, 4.69) is 9.97 Å². The molecule has 6 heteroatoms. The van der Waals surface area contributed by atoms with E-state index in [-0.39, 0.29) is 0 Å². The van der Waals surface area contributed by atoms with Crippen LogP contribution in [-0.4, -0.2) is 17.1 Å². The number of rotatable bonds is 2. The van der Waals surface area contributed by atoms with Gasteiger partial charge in [0.2, 0.25) is 5.88 Å². The molecule has 0 radical (unpaired) electrons. The maximum atomic E-state index is 5.93. The Bertz CT molecular complexity index is 560. The third kappa shape index (κ3) is 2.80. The third-order valence-corrected chi connectivity index (χ3v) is 2.99. The van der Waals surface area contributed by atoms with E-state index in [1.807, 2.05) is 0 Å². The Morgan fingerprint density at radius 1 is 1.00 bits per heavy atom. The number of halogens is 3. The van der Waals surface area contributed by atoms with Gasteiger partial charge in [0.05, 0.1) is 17.2 Å². The molecule has 0 saturated carbocycles. The Hall–Kier alpha value is -1.03. The Labute approximate surface area is 113 Å². The van der Waals surface area contributed by atoms with Crippen LogP contribution in [0.15, 0.2) is 24.3 Å². The first kappa shape index (κ1) is 12.4. The molecular formula is C11H7Cl3N2O. The van der Waals surface area contributed by atoms with Gasteiger partial charge in [0.1, 0.15) is 5.15 Å². The molecule has 0 fully saturated rings. The first-order chi connectivity index (χ1) is 8.10. The Balaban J connectivity index is 2.52. The monoisotopic (exact) mass is 288 g/mol. The molecule has 3 nitrogen and oxygen atoms in total. The van der Waals surface area contributed by atoms with E-state index in [9.17, 15) is 0 Å². The number of ether oxygens (including phenoxy) is 1. The van der Waals surface area contributed by atoms with E-state index in [1.165, 1.54) is 13.2 Å². The van der Waals surface area contributed by atoms with Gasteiger partial charge in [-0.25, -0.2) is 4.98 Å². The van der Waals surface area contributed by atoms with Crippen molar-refractivity contribution in [2.75, 3.05) is 7.11 Å². The van der Waals surface area contributed by atoms with E-state index in [0.717, 1.165) is 5.56 Å². The van der Waals surface area contributed by atoms with Crippen molar-refractivity contribution < 1.29 is 4.74 Å². The van der Waals surface area contributed by atoms with Gasteiger partial charge in [-0.3, -0.25) is 0 Å². The Morgan fingerprint density at radius 2 is 1.76 bits per heavy atom. The number of hydrogen-bond donors (Lipinski definition) is 0. The zero-order valence-electron chi connectivity index (χ0n) is 8.75. The van der Waals surface area contributed by atoms with Crippen LogP contribution in [0.1, 0.15) is 0 Å². The number of hydrogen-bond acceptors (Lipinski definition) is 3. The predicted octanol–water partition coefficient (Wildman–Crippen LogP) is 4.11. The summed E-state index contributed by atoms with van der Waals surface area (Å²) in [5.41, 5.74) is 0.722. The van der Waals surface area contributed by atoms with Gasteiger partial charge in [-0.1, -0.05) is 34.8 Å². The molecule has 0 saturated heterocycles. The second-order valence-corrected chi connectivity index (χ2v) is 4.39. The molecule has 1 heterocycles. The number of benzene rings is 1. The van der Waals surface area contributed by atoms with Crippen molar-refractivity contribution >= 4 is 34.8 Å². The summed E-state index contributed by atoms with van der Waals surface area (Å²) in [6.07, 6.45) is 0. The van der Waals surface area contributed by atoms with Gasteiger partial charge in [-0.05, 0) is 18.2 Å². The standard InChI is InChI=1S/C11H7Cl3N2O/c1-17-10-5-9(14)15-11(16-10)6-2-3-7(12)8(13)4-6/h2-5H,1H3. The van der Waals surface area contributed by atoms with Crippen molar-refractivity contribution in [3.05, 3.63) is 39.5 Å². The molecule has 17 heavy (non-hydrogen) atoms. The van der Waals surface area contributed by atoms with Crippen LogP contribution in [0.5, 0.6) is 5.88 Å². The molecule has 0 bridgehead atoms. The van der Waals surface area contributed by atoms with Crippen LogP contribution in [-0.2, 0) is 0 Å². The summed E-state index contributed by atoms with van der Waals surface area (Å²) in [6.45, 7) is 0. The summed E-state index contributed by atoms with van der Waals surface area (Å²) in [6, 6.07) is 6.65. The minimum absolute atomic E-state index is 0.304. The molecule has 1 aromatic heterocycles. The average molecular weight is 290 g/mol. The SMILES string of the molecule is COc1cc(Cl)nc(-c2ccc(Cl)c(Cl)c2)n1. The Kier molecular flexibility index (Phi) is 3.72. The van der Waals surface area contributed by atoms with E-state index in [4.69, 9.17) is 39.5 Å². The largest absolute Gasteiger partial charge is 0.481 e. The normalized spacial score (nSPS) is 10.4. The second-order valence-electron chi connectivity index (χ2n) is 3.19. The highest BCUT2D eigenvalue weighted by Gasteiger charge is 2.08. The second kappa shape index (κ2) is 5.08. The smallest absolute Gasteiger partial charge is 0.218 e. The Morgan fingerprint density at radius 3 is 2.41 bits per heavy atom. The molecule has 0 aliphatic heterocycles. The summed E-state index contributed by atoms with van der Waals surface area (Å²) in [7, 11) is 1.51. The topological polar surface area (TPSA) is 35.0 Å². The zero-order chi connectivity index (χ0) is 12.4. The fourth-order valence-corrected chi connectivity index (χ4v) is 1.74. The van der Waals surface area contributed by atoms with Crippen molar-refractivity contribution in [3.63, 3.8) is 0 Å². The van der Waals surface area contributed by atoms with Crippen LogP contribution in [0, 0.1) is 0 Å². The molecule has 2 aromatic rings. The summed E-state index contributed by atoms with van der Waals surface area (Å²) >= 11 is 17.6. The van der Waals surface area contributed by atoms with E-state index >= 15 is 0 Å². The van der Waals surface area contributed by atoms with Gasteiger partial charge >= 0.3 is 0 Å². The molecule has 0 amide bonds. The fraction of sp³-hybridized carbons (Fsp3) is 0.0909. The lowest BCUT2D eigenvalue weighted by Crippen LogP contribution is -1.94. The van der Waals surface area contributed by atoms with Gasteiger partial charge < -0.3 is 4.74 Å². The highest BCUT2D eigenvalue weighted by molar-refractivity contribution is 6.42. The molecule has 0 aliphatic carbocycles. The van der Waals surface area contributed by atoms with Gasteiger partial charge in [0.15, 0.2) is 5.82 Å². The minimum Gasteiger partial charge on any atom is -0.481 e. The fourth-order valence-electron chi connectivity index (χ4n) is 1.27. The van der Waals surface area contributed by atoms with Gasteiger partial charge in [0, 0.05) is 11.6 Å². The summed E-state index contributed by atoms with van der Waals surface area (Å²) in [4.78, 5) is 8.27. The number of nitrogens with zero attached hydrogens (tertiary/aromatic N) is 2. The first-order valence-corrected chi connectivity index (χ1v) is 5.77. The molecule has 0 unspecified atom stereocenters. The maximum Gasteiger partial charge on any atom is 0.218 e. The predicted molar refractivity (Wildman–Crippen MR) is 69.1 cm³/mol. The summed E-state index contributed by atoms with van der Waals surface area (Å²) in [5.74, 6) is 0.832. The third-order valence-electron chi connectivity index (χ3n) is 2.06. The lowest BCUT2D eigenvalue weighted by atomic mass is 10.2. The molecule has 88 valence electrons. The summed E-state index contributed by atoms with van der Waals surface area (Å²) < 4.78 is 5.02. The average Bonchev–Trinajstić information content (AvgIpc) is 2.32. The highest BCUT2D eigenvalue weighted by Crippen LogP contribution is 2.28. The summed E-state index contributed by atoms with van der Waals surface area (Å²) in [5, 5.41) is 1.22. The molecule has 0 atom stereocenters. The van der Waals surface area contributed by atoms with E-state index < -0.39 is 0 Å². The maximum absolute atomic E-state index is 5.93.